The van der Waals surface area contributed by atoms with Gasteiger partial charge in [-0.15, -0.1) is 10.2 Å². The summed E-state index contributed by atoms with van der Waals surface area (Å²) in [7, 11) is 0. The molecule has 0 bridgehead atoms. The van der Waals surface area contributed by atoms with Crippen molar-refractivity contribution < 1.29 is 13.6 Å². The first-order valence-electron chi connectivity index (χ1n) is 9.70. The number of fused-ring (bicyclic) bond motifs is 3. The molecule has 0 aliphatic rings. The van der Waals surface area contributed by atoms with Crippen LogP contribution in [0, 0.1) is 11.6 Å². The van der Waals surface area contributed by atoms with Gasteiger partial charge in [-0.1, -0.05) is 30.8 Å². The normalized spacial score (nSPS) is 12.4. The molecule has 1 unspecified atom stereocenters. The molecule has 0 aliphatic carbocycles. The molecule has 2 heterocycles. The molecule has 10 heteroatoms. The van der Waals surface area contributed by atoms with Crippen molar-refractivity contribution >= 4 is 40.0 Å². The number of benzene rings is 2. The third kappa shape index (κ3) is 3.90. The lowest BCUT2D eigenvalue weighted by Gasteiger charge is -2.13. The number of rotatable bonds is 6. The minimum absolute atomic E-state index is 0.141. The largest absolute Gasteiger partial charge is 0.325 e. The van der Waals surface area contributed by atoms with Crippen LogP contribution in [0.15, 0.2) is 52.4 Å². The maximum atomic E-state index is 13.4. The van der Waals surface area contributed by atoms with Gasteiger partial charge in [0, 0.05) is 18.3 Å². The second-order valence-electron chi connectivity index (χ2n) is 6.97. The summed E-state index contributed by atoms with van der Waals surface area (Å²) >= 11 is 1.16. The van der Waals surface area contributed by atoms with Crippen LogP contribution in [0.25, 0.3) is 16.7 Å². The first kappa shape index (κ1) is 21.0. The number of aryl methyl sites for hydroxylation is 1. The number of para-hydroxylation sites is 1. The van der Waals surface area contributed by atoms with Gasteiger partial charge < -0.3 is 5.32 Å². The predicted molar refractivity (Wildman–Crippen MR) is 115 cm³/mol. The molecule has 4 aromatic rings. The smallest absolute Gasteiger partial charge is 0.262 e. The van der Waals surface area contributed by atoms with E-state index in [9.17, 15) is 18.4 Å². The molecule has 0 aliphatic heterocycles. The number of hydrogen-bond acceptors (Lipinski definition) is 5. The molecule has 7 nitrogen and oxygen atoms in total. The molecular weight excluding hydrogens is 424 g/mol. The number of amides is 1. The first-order valence-corrected chi connectivity index (χ1v) is 10.6. The first-order chi connectivity index (χ1) is 14.9. The summed E-state index contributed by atoms with van der Waals surface area (Å²) in [6.45, 7) is 4.13. The number of carbonyl (C=O) groups excluding carboxylic acids is 1. The van der Waals surface area contributed by atoms with Crippen LogP contribution < -0.4 is 10.9 Å². The Morgan fingerprint density at radius 3 is 2.68 bits per heavy atom. The Balaban J connectivity index is 1.69. The molecule has 31 heavy (non-hydrogen) atoms. The Morgan fingerprint density at radius 1 is 1.16 bits per heavy atom. The lowest BCUT2D eigenvalue weighted by Crippen LogP contribution is -2.24. The lowest BCUT2D eigenvalue weighted by atomic mass is 10.2. The number of halogens is 2. The van der Waals surface area contributed by atoms with Crippen LogP contribution >= 0.6 is 11.8 Å². The van der Waals surface area contributed by atoms with Gasteiger partial charge >= 0.3 is 0 Å². The number of nitrogens with zero attached hydrogens (tertiary/aromatic N) is 4. The number of anilines is 1. The van der Waals surface area contributed by atoms with Gasteiger partial charge in [0.05, 0.1) is 16.2 Å². The quantitative estimate of drug-likeness (QED) is 0.458. The SMILES string of the molecule is CCCn1c(=O)c2ccccc2n2c(SC(C)C(=O)Nc3ccc(F)c(F)c3)nnc12. The van der Waals surface area contributed by atoms with E-state index >= 15 is 0 Å². The maximum Gasteiger partial charge on any atom is 0.262 e. The van der Waals surface area contributed by atoms with Crippen LogP contribution in [-0.2, 0) is 11.3 Å². The van der Waals surface area contributed by atoms with Gasteiger partial charge in [0.1, 0.15) is 0 Å². The number of aromatic nitrogens is 4. The van der Waals surface area contributed by atoms with Gasteiger partial charge in [0.2, 0.25) is 11.7 Å². The highest BCUT2D eigenvalue weighted by atomic mass is 32.2. The van der Waals surface area contributed by atoms with Gasteiger partial charge in [-0.2, -0.15) is 0 Å². The van der Waals surface area contributed by atoms with Crippen molar-refractivity contribution in [3.63, 3.8) is 0 Å². The zero-order valence-corrected chi connectivity index (χ0v) is 17.6. The average molecular weight is 443 g/mol. The molecule has 0 saturated heterocycles. The van der Waals surface area contributed by atoms with Crippen LogP contribution in [0.4, 0.5) is 14.5 Å². The summed E-state index contributed by atoms with van der Waals surface area (Å²) in [5, 5.41) is 11.3. The van der Waals surface area contributed by atoms with E-state index in [1.54, 1.807) is 34.1 Å². The fourth-order valence-electron chi connectivity index (χ4n) is 3.26. The van der Waals surface area contributed by atoms with Crippen molar-refractivity contribution in [3.05, 3.63) is 64.5 Å². The fraction of sp³-hybridized carbons (Fsp3) is 0.238. The standard InChI is InChI=1S/C21H19F2N5O2S/c1-3-10-27-19(30)14-6-4-5-7-17(14)28-20(27)25-26-21(28)31-12(2)18(29)24-13-8-9-15(22)16(23)11-13/h4-9,11-12H,3,10H2,1-2H3,(H,24,29). The molecular formula is C21H19F2N5O2S. The Bertz CT molecular complexity index is 1350. The maximum absolute atomic E-state index is 13.4. The summed E-state index contributed by atoms with van der Waals surface area (Å²) in [6, 6.07) is 10.3. The van der Waals surface area contributed by atoms with Crippen molar-refractivity contribution in [2.75, 3.05) is 5.32 Å². The van der Waals surface area contributed by atoms with Crippen LogP contribution in [0.5, 0.6) is 0 Å². The van der Waals surface area contributed by atoms with Gasteiger partial charge in [-0.05, 0) is 37.6 Å². The van der Waals surface area contributed by atoms with Gasteiger partial charge in [-0.25, -0.2) is 8.78 Å². The number of carbonyl (C=O) groups is 1. The van der Waals surface area contributed by atoms with E-state index < -0.39 is 22.8 Å². The molecule has 4 rings (SSSR count). The summed E-state index contributed by atoms with van der Waals surface area (Å²) in [6.07, 6.45) is 0.746. The van der Waals surface area contributed by atoms with E-state index in [-0.39, 0.29) is 11.2 Å². The predicted octanol–water partition coefficient (Wildman–Crippen LogP) is 3.85. The Labute approximate surface area is 180 Å². The highest BCUT2D eigenvalue weighted by molar-refractivity contribution is 8.00. The van der Waals surface area contributed by atoms with Gasteiger partial charge in [-0.3, -0.25) is 18.6 Å². The monoisotopic (exact) mass is 443 g/mol. The highest BCUT2D eigenvalue weighted by Crippen LogP contribution is 2.26. The van der Waals surface area contributed by atoms with Crippen LogP contribution in [0.1, 0.15) is 20.3 Å². The molecule has 1 N–H and O–H groups in total. The van der Waals surface area contributed by atoms with Crippen molar-refractivity contribution in [1.29, 1.82) is 0 Å². The fourth-order valence-corrected chi connectivity index (χ4v) is 4.12. The third-order valence-corrected chi connectivity index (χ3v) is 5.81. The summed E-state index contributed by atoms with van der Waals surface area (Å²) in [5.74, 6) is -2.03. The second-order valence-corrected chi connectivity index (χ2v) is 8.28. The molecule has 0 saturated carbocycles. The van der Waals surface area contributed by atoms with Crippen molar-refractivity contribution in [3.8, 4) is 0 Å². The van der Waals surface area contributed by atoms with Crippen LogP contribution in [0.2, 0.25) is 0 Å². The minimum atomic E-state index is -1.04. The molecule has 1 atom stereocenters. The highest BCUT2D eigenvalue weighted by Gasteiger charge is 2.21. The van der Waals surface area contributed by atoms with Crippen molar-refractivity contribution in [1.82, 2.24) is 19.2 Å². The Morgan fingerprint density at radius 2 is 1.94 bits per heavy atom. The van der Waals surface area contributed by atoms with E-state index in [2.05, 4.69) is 15.5 Å². The second kappa shape index (κ2) is 8.46. The lowest BCUT2D eigenvalue weighted by molar-refractivity contribution is -0.115. The number of hydrogen-bond donors (Lipinski definition) is 1. The number of thioether (sulfide) groups is 1. The zero-order valence-electron chi connectivity index (χ0n) is 16.8. The van der Waals surface area contributed by atoms with Crippen molar-refractivity contribution in [2.45, 2.75) is 37.2 Å². The average Bonchev–Trinajstić information content (AvgIpc) is 3.17. The molecule has 2 aromatic heterocycles. The number of nitrogens with one attached hydrogen (secondary N) is 1. The van der Waals surface area contributed by atoms with E-state index in [1.165, 1.54) is 6.07 Å². The Kier molecular flexibility index (Phi) is 5.73. The van der Waals surface area contributed by atoms with E-state index in [4.69, 9.17) is 0 Å². The zero-order chi connectivity index (χ0) is 22.1. The molecule has 1 amide bonds. The third-order valence-electron chi connectivity index (χ3n) is 4.76. The van der Waals surface area contributed by atoms with Crippen molar-refractivity contribution in [2.24, 2.45) is 0 Å². The van der Waals surface area contributed by atoms with E-state index in [0.29, 0.717) is 28.4 Å². The molecule has 160 valence electrons. The summed E-state index contributed by atoms with van der Waals surface area (Å²) in [5.41, 5.74) is 0.665. The summed E-state index contributed by atoms with van der Waals surface area (Å²) < 4.78 is 29.9. The molecule has 2 aromatic carbocycles. The molecule has 0 fully saturated rings. The molecule has 0 spiro atoms. The Hall–Kier alpha value is -3.27. The van der Waals surface area contributed by atoms with Crippen LogP contribution in [0.3, 0.4) is 0 Å². The minimum Gasteiger partial charge on any atom is -0.325 e. The van der Waals surface area contributed by atoms with Crippen LogP contribution in [-0.4, -0.2) is 30.3 Å². The summed E-state index contributed by atoms with van der Waals surface area (Å²) in [4.78, 5) is 25.5. The van der Waals surface area contributed by atoms with Gasteiger partial charge in [0.15, 0.2) is 16.8 Å². The van der Waals surface area contributed by atoms with E-state index in [1.807, 2.05) is 13.0 Å². The van der Waals surface area contributed by atoms with E-state index in [0.717, 1.165) is 30.3 Å². The van der Waals surface area contributed by atoms with Gasteiger partial charge in [0.25, 0.3) is 5.56 Å². The topological polar surface area (TPSA) is 81.3 Å². The molecule has 0 radical (unpaired) electrons.